The Morgan fingerprint density at radius 3 is 2.16 bits per heavy atom. The molecule has 2 fully saturated rings. The van der Waals surface area contributed by atoms with Gasteiger partial charge in [0.25, 0.3) is 0 Å². The Morgan fingerprint density at radius 2 is 1.55 bits per heavy atom. The number of halogens is 5. The lowest BCUT2D eigenvalue weighted by atomic mass is 9.85. The van der Waals surface area contributed by atoms with Crippen LogP contribution in [-0.2, 0) is 10.0 Å². The van der Waals surface area contributed by atoms with Crippen LogP contribution in [-0.4, -0.2) is 57.9 Å². The van der Waals surface area contributed by atoms with Gasteiger partial charge in [-0.2, -0.15) is 22.0 Å². The molecule has 2 aromatic rings. The number of hydrogen-bond donors (Lipinski definition) is 1. The maximum Gasteiger partial charge on any atom is 0.422 e. The van der Waals surface area contributed by atoms with Gasteiger partial charge in [0, 0.05) is 12.1 Å². The molecule has 4 rings (SSSR count). The molecule has 210 valence electrons. The molecule has 0 atom stereocenters. The van der Waals surface area contributed by atoms with Crippen molar-refractivity contribution in [3.8, 4) is 11.5 Å². The van der Waals surface area contributed by atoms with Crippen molar-refractivity contribution in [2.75, 3.05) is 19.7 Å². The Kier molecular flexibility index (Phi) is 9.15. The van der Waals surface area contributed by atoms with Crippen LogP contribution in [0.3, 0.4) is 0 Å². The van der Waals surface area contributed by atoms with Gasteiger partial charge >= 0.3 is 12.8 Å². The molecule has 12 heteroatoms. The number of alkyl halides is 5. The summed E-state index contributed by atoms with van der Waals surface area (Å²) in [4.78, 5) is 2.38. The number of hydrogen-bond acceptors (Lipinski definition) is 5. The van der Waals surface area contributed by atoms with Gasteiger partial charge < -0.3 is 14.4 Å². The van der Waals surface area contributed by atoms with Crippen LogP contribution in [0.25, 0.3) is 0 Å². The van der Waals surface area contributed by atoms with Gasteiger partial charge in [-0.15, -0.1) is 0 Å². The molecule has 2 aromatic carbocycles. The third-order valence-corrected chi connectivity index (χ3v) is 8.71. The lowest BCUT2D eigenvalue weighted by Crippen LogP contribution is -2.46. The van der Waals surface area contributed by atoms with Crippen LogP contribution >= 0.6 is 0 Å². The second kappa shape index (κ2) is 12.2. The molecule has 38 heavy (non-hydrogen) atoms. The highest BCUT2D eigenvalue weighted by Gasteiger charge is 2.33. The quantitative estimate of drug-likeness (QED) is 0.398. The van der Waals surface area contributed by atoms with Gasteiger partial charge in [0.1, 0.15) is 11.5 Å². The van der Waals surface area contributed by atoms with E-state index >= 15 is 0 Å². The van der Waals surface area contributed by atoms with E-state index in [-0.39, 0.29) is 28.4 Å². The SMILES string of the molecule is O=S(=O)(N[C@H]1CC[C@@H](N2CCC(c3ccccc3OCC(F)(F)F)CC2)CC1)c1ccc(OC(F)F)cc1. The van der Waals surface area contributed by atoms with E-state index in [0.717, 1.165) is 44.3 Å². The van der Waals surface area contributed by atoms with E-state index in [1.54, 1.807) is 12.1 Å². The summed E-state index contributed by atoms with van der Waals surface area (Å²) >= 11 is 0. The van der Waals surface area contributed by atoms with Crippen molar-refractivity contribution < 1.29 is 39.8 Å². The molecule has 1 aliphatic heterocycles. The number of piperidine rings is 1. The molecule has 1 saturated heterocycles. The summed E-state index contributed by atoms with van der Waals surface area (Å²) in [6, 6.07) is 11.9. The van der Waals surface area contributed by atoms with E-state index in [0.29, 0.717) is 18.9 Å². The number of nitrogens with one attached hydrogen (secondary N) is 1. The summed E-state index contributed by atoms with van der Waals surface area (Å²) in [5, 5.41) is 0. The average Bonchev–Trinajstić information content (AvgIpc) is 2.88. The van der Waals surface area contributed by atoms with E-state index in [4.69, 9.17) is 4.74 Å². The van der Waals surface area contributed by atoms with Gasteiger partial charge in [0.05, 0.1) is 4.90 Å². The molecule has 1 aliphatic carbocycles. The highest BCUT2D eigenvalue weighted by atomic mass is 32.2. The van der Waals surface area contributed by atoms with E-state index in [1.807, 2.05) is 12.1 Å². The van der Waals surface area contributed by atoms with Gasteiger partial charge in [-0.05, 0) is 93.4 Å². The first kappa shape index (κ1) is 28.6. The van der Waals surface area contributed by atoms with E-state index in [2.05, 4.69) is 14.4 Å². The van der Waals surface area contributed by atoms with Crippen molar-refractivity contribution >= 4 is 10.0 Å². The molecule has 0 amide bonds. The zero-order valence-corrected chi connectivity index (χ0v) is 21.5. The van der Waals surface area contributed by atoms with Crippen molar-refractivity contribution in [2.45, 2.75) is 74.2 Å². The second-order valence-corrected chi connectivity index (χ2v) is 11.4. The summed E-state index contributed by atoms with van der Waals surface area (Å²) in [6.45, 7) is -2.67. The van der Waals surface area contributed by atoms with Crippen LogP contribution < -0.4 is 14.2 Å². The standard InChI is InChI=1S/C26H31F5N2O4S/c27-25(28)37-21-9-11-22(12-10-21)38(34,35)32-19-5-7-20(8-6-19)33-15-13-18(14-16-33)23-3-1-2-4-24(23)36-17-26(29,30)31/h1-4,9-12,18-20,25,32H,5-8,13-17H2/t19-,20+. The fraction of sp³-hybridized carbons (Fsp3) is 0.538. The highest BCUT2D eigenvalue weighted by molar-refractivity contribution is 7.89. The molecule has 2 aliphatic rings. The number of benzene rings is 2. The Morgan fingerprint density at radius 1 is 0.921 bits per heavy atom. The summed E-state index contributed by atoms with van der Waals surface area (Å²) in [7, 11) is -3.79. The highest BCUT2D eigenvalue weighted by Crippen LogP contribution is 2.37. The van der Waals surface area contributed by atoms with E-state index < -0.39 is 29.4 Å². The molecule has 0 aromatic heterocycles. The number of para-hydroxylation sites is 1. The molecule has 1 heterocycles. The Labute approximate surface area is 219 Å². The minimum atomic E-state index is -4.39. The van der Waals surface area contributed by atoms with Gasteiger partial charge in [-0.3, -0.25) is 0 Å². The molecule has 6 nitrogen and oxygen atoms in total. The minimum Gasteiger partial charge on any atom is -0.484 e. The first-order chi connectivity index (χ1) is 18.0. The summed E-state index contributed by atoms with van der Waals surface area (Å²) in [5.41, 5.74) is 0.809. The largest absolute Gasteiger partial charge is 0.484 e. The number of ether oxygens (including phenoxy) is 2. The van der Waals surface area contributed by atoms with Crippen LogP contribution in [0.4, 0.5) is 22.0 Å². The second-order valence-electron chi connectivity index (χ2n) is 9.73. The Bertz CT molecular complexity index is 1140. The summed E-state index contributed by atoms with van der Waals surface area (Å²) in [6.07, 6.45) is 0.220. The molecular weight excluding hydrogens is 531 g/mol. The number of nitrogens with zero attached hydrogens (tertiary/aromatic N) is 1. The van der Waals surface area contributed by atoms with E-state index in [1.165, 1.54) is 24.3 Å². The Hall–Kier alpha value is -2.44. The Balaban J connectivity index is 1.25. The van der Waals surface area contributed by atoms with Crippen LogP contribution in [0, 0.1) is 0 Å². The predicted molar refractivity (Wildman–Crippen MR) is 131 cm³/mol. The summed E-state index contributed by atoms with van der Waals surface area (Å²) < 4.78 is 100. The normalized spacial score (nSPS) is 21.9. The lowest BCUT2D eigenvalue weighted by molar-refractivity contribution is -0.153. The maximum atomic E-state index is 12.7. The molecule has 1 N–H and O–H groups in total. The lowest BCUT2D eigenvalue weighted by Gasteiger charge is -2.41. The summed E-state index contributed by atoms with van der Waals surface area (Å²) in [5.74, 6) is 0.295. The number of rotatable bonds is 9. The van der Waals surface area contributed by atoms with Gasteiger partial charge in [0.15, 0.2) is 6.61 Å². The number of likely N-dealkylation sites (tertiary alicyclic amines) is 1. The van der Waals surface area contributed by atoms with Crippen molar-refractivity contribution in [2.24, 2.45) is 0 Å². The molecular formula is C26H31F5N2O4S. The molecule has 0 radical (unpaired) electrons. The van der Waals surface area contributed by atoms with Gasteiger partial charge in [0.2, 0.25) is 10.0 Å². The molecule has 1 saturated carbocycles. The monoisotopic (exact) mass is 562 g/mol. The topological polar surface area (TPSA) is 67.9 Å². The maximum absolute atomic E-state index is 12.7. The van der Waals surface area contributed by atoms with Crippen molar-refractivity contribution in [1.29, 1.82) is 0 Å². The van der Waals surface area contributed by atoms with Crippen molar-refractivity contribution in [1.82, 2.24) is 9.62 Å². The minimum absolute atomic E-state index is 0.0113. The van der Waals surface area contributed by atoms with Crippen LogP contribution in [0.1, 0.15) is 50.0 Å². The fourth-order valence-corrected chi connectivity index (χ4v) is 6.64. The van der Waals surface area contributed by atoms with Crippen molar-refractivity contribution in [3.63, 3.8) is 0 Å². The third-order valence-electron chi connectivity index (χ3n) is 7.17. The van der Waals surface area contributed by atoms with Crippen LogP contribution in [0.5, 0.6) is 11.5 Å². The van der Waals surface area contributed by atoms with Crippen molar-refractivity contribution in [3.05, 3.63) is 54.1 Å². The zero-order chi connectivity index (χ0) is 27.3. The van der Waals surface area contributed by atoms with Gasteiger partial charge in [-0.1, -0.05) is 18.2 Å². The number of sulfonamides is 1. The van der Waals surface area contributed by atoms with Gasteiger partial charge in [-0.25, -0.2) is 13.1 Å². The molecule has 0 bridgehead atoms. The molecule has 0 spiro atoms. The van der Waals surface area contributed by atoms with E-state index in [9.17, 15) is 30.4 Å². The van der Waals surface area contributed by atoms with Crippen LogP contribution in [0.2, 0.25) is 0 Å². The average molecular weight is 563 g/mol. The zero-order valence-electron chi connectivity index (χ0n) is 20.7. The molecule has 0 unspecified atom stereocenters. The third kappa shape index (κ3) is 7.79. The first-order valence-corrected chi connectivity index (χ1v) is 14.1. The van der Waals surface area contributed by atoms with Crippen LogP contribution in [0.15, 0.2) is 53.4 Å². The fourth-order valence-electron chi connectivity index (χ4n) is 5.33. The predicted octanol–water partition coefficient (Wildman–Crippen LogP) is 5.70. The first-order valence-electron chi connectivity index (χ1n) is 12.6. The smallest absolute Gasteiger partial charge is 0.422 e.